The van der Waals surface area contributed by atoms with Gasteiger partial charge in [-0.3, -0.25) is 0 Å². The summed E-state index contributed by atoms with van der Waals surface area (Å²) in [6.45, 7) is 1.39. The maximum atomic E-state index is 12.3. The molecule has 1 fully saturated rings. The third kappa shape index (κ3) is 3.01. The quantitative estimate of drug-likeness (QED) is 0.902. The van der Waals surface area contributed by atoms with Gasteiger partial charge in [0.05, 0.1) is 10.2 Å². The minimum atomic E-state index is -3.50. The van der Waals surface area contributed by atoms with Gasteiger partial charge in [-0.15, -0.1) is 11.3 Å². The first kappa shape index (κ1) is 13.9. The molecule has 3 rings (SSSR count). The molecule has 0 saturated carbocycles. The van der Waals surface area contributed by atoms with Gasteiger partial charge in [0, 0.05) is 12.6 Å². The third-order valence-corrected chi connectivity index (χ3v) is 6.27. The molecule has 1 saturated heterocycles. The van der Waals surface area contributed by atoms with Crippen molar-refractivity contribution in [3.05, 3.63) is 24.3 Å². The van der Waals surface area contributed by atoms with Gasteiger partial charge < -0.3 is 5.32 Å². The van der Waals surface area contributed by atoms with E-state index in [4.69, 9.17) is 0 Å². The van der Waals surface area contributed by atoms with Crippen LogP contribution in [0, 0.1) is 0 Å². The number of fused-ring (bicyclic) bond motifs is 1. The second kappa shape index (κ2) is 5.77. The second-order valence-corrected chi connectivity index (χ2v) is 7.92. The predicted octanol–water partition coefficient (Wildman–Crippen LogP) is 1.72. The summed E-state index contributed by atoms with van der Waals surface area (Å²) < 4.78 is 28.2. The minimum Gasteiger partial charge on any atom is -0.313 e. The Morgan fingerprint density at radius 3 is 2.95 bits per heavy atom. The number of piperidine rings is 1. The summed E-state index contributed by atoms with van der Waals surface area (Å²) in [6.07, 6.45) is 3.34. The number of benzene rings is 1. The molecule has 108 valence electrons. The molecular formula is C13H17N3O2S2. The van der Waals surface area contributed by atoms with Crippen molar-refractivity contribution in [2.75, 3.05) is 13.1 Å². The van der Waals surface area contributed by atoms with Gasteiger partial charge in [-0.1, -0.05) is 18.6 Å². The topological polar surface area (TPSA) is 71.1 Å². The van der Waals surface area contributed by atoms with E-state index in [9.17, 15) is 8.42 Å². The first-order valence-corrected chi connectivity index (χ1v) is 9.04. The molecule has 0 bridgehead atoms. The highest BCUT2D eigenvalue weighted by molar-refractivity contribution is 7.91. The minimum absolute atomic E-state index is 0.148. The Balaban J connectivity index is 1.73. The lowest BCUT2D eigenvalue weighted by atomic mass is 10.1. The standard InChI is InChI=1S/C13H17N3O2S2/c17-20(18,15-9-10-5-3-4-8-14-10)13-16-11-6-1-2-7-12(11)19-13/h1-2,6-7,10,14-15H,3-5,8-9H2/t10-/m1/s1. The molecule has 1 aromatic heterocycles. The van der Waals surface area contributed by atoms with Crippen molar-refractivity contribution in [1.82, 2.24) is 15.0 Å². The molecular weight excluding hydrogens is 294 g/mol. The molecule has 0 spiro atoms. The van der Waals surface area contributed by atoms with Crippen molar-refractivity contribution in [1.29, 1.82) is 0 Å². The summed E-state index contributed by atoms with van der Waals surface area (Å²) in [5.74, 6) is 0. The van der Waals surface area contributed by atoms with E-state index in [1.165, 1.54) is 17.8 Å². The monoisotopic (exact) mass is 311 g/mol. The number of hydrogen-bond donors (Lipinski definition) is 2. The summed E-state index contributed by atoms with van der Waals surface area (Å²) in [5, 5.41) is 3.33. The smallest absolute Gasteiger partial charge is 0.267 e. The van der Waals surface area contributed by atoms with E-state index in [2.05, 4.69) is 15.0 Å². The van der Waals surface area contributed by atoms with Gasteiger partial charge >= 0.3 is 0 Å². The van der Waals surface area contributed by atoms with Crippen LogP contribution in [0.4, 0.5) is 0 Å². The molecule has 2 heterocycles. The highest BCUT2D eigenvalue weighted by Gasteiger charge is 2.21. The zero-order valence-corrected chi connectivity index (χ0v) is 12.6. The molecule has 20 heavy (non-hydrogen) atoms. The molecule has 2 N–H and O–H groups in total. The normalized spacial score (nSPS) is 20.3. The molecule has 1 atom stereocenters. The lowest BCUT2D eigenvalue weighted by Crippen LogP contribution is -2.43. The number of hydrogen-bond acceptors (Lipinski definition) is 5. The Morgan fingerprint density at radius 2 is 2.20 bits per heavy atom. The first-order valence-electron chi connectivity index (χ1n) is 6.74. The Bertz CT molecular complexity index is 657. The number of aromatic nitrogens is 1. The highest BCUT2D eigenvalue weighted by atomic mass is 32.2. The SMILES string of the molecule is O=S(=O)(NC[C@H]1CCCCN1)c1nc2ccccc2s1. The van der Waals surface area contributed by atoms with Crippen molar-refractivity contribution in [2.45, 2.75) is 29.6 Å². The summed E-state index contributed by atoms with van der Waals surface area (Å²) in [4.78, 5) is 4.20. The third-order valence-electron chi connectivity index (χ3n) is 3.44. The summed E-state index contributed by atoms with van der Waals surface area (Å²) in [5.41, 5.74) is 0.730. The molecule has 1 aliphatic rings. The van der Waals surface area contributed by atoms with Gasteiger partial charge in [0.15, 0.2) is 0 Å². The van der Waals surface area contributed by atoms with E-state index >= 15 is 0 Å². The van der Waals surface area contributed by atoms with E-state index in [0.717, 1.165) is 29.6 Å². The van der Waals surface area contributed by atoms with Gasteiger partial charge in [-0.25, -0.2) is 18.1 Å². The average molecular weight is 311 g/mol. The maximum Gasteiger partial charge on any atom is 0.267 e. The van der Waals surface area contributed by atoms with Crippen molar-refractivity contribution in [3.63, 3.8) is 0 Å². The number of nitrogens with zero attached hydrogens (tertiary/aromatic N) is 1. The molecule has 0 aliphatic carbocycles. The van der Waals surface area contributed by atoms with Crippen LogP contribution in [0.15, 0.2) is 28.6 Å². The highest BCUT2D eigenvalue weighted by Crippen LogP contribution is 2.24. The van der Waals surface area contributed by atoms with Crippen LogP contribution in [0.3, 0.4) is 0 Å². The zero-order valence-electron chi connectivity index (χ0n) is 11.0. The fourth-order valence-electron chi connectivity index (χ4n) is 2.34. The van der Waals surface area contributed by atoms with Gasteiger partial charge in [-0.2, -0.15) is 0 Å². The molecule has 1 aromatic carbocycles. The average Bonchev–Trinajstić information content (AvgIpc) is 2.91. The van der Waals surface area contributed by atoms with E-state index in [-0.39, 0.29) is 10.4 Å². The first-order chi connectivity index (χ1) is 9.65. The van der Waals surface area contributed by atoms with Crippen LogP contribution < -0.4 is 10.0 Å². The molecule has 0 unspecified atom stereocenters. The molecule has 5 nitrogen and oxygen atoms in total. The molecule has 2 aromatic rings. The molecule has 0 amide bonds. The lowest BCUT2D eigenvalue weighted by Gasteiger charge is -2.23. The van der Waals surface area contributed by atoms with Crippen LogP contribution >= 0.6 is 11.3 Å². The fourth-order valence-corrected chi connectivity index (χ4v) is 4.68. The maximum absolute atomic E-state index is 12.3. The Kier molecular flexibility index (Phi) is 4.02. The Hall–Kier alpha value is -1.02. The summed E-state index contributed by atoms with van der Waals surface area (Å²) in [6, 6.07) is 7.68. The number of thiazole rings is 1. The van der Waals surface area contributed by atoms with Crippen molar-refractivity contribution >= 4 is 31.6 Å². The van der Waals surface area contributed by atoms with E-state index < -0.39 is 10.0 Å². The largest absolute Gasteiger partial charge is 0.313 e. The van der Waals surface area contributed by atoms with E-state index in [1.54, 1.807) is 0 Å². The van der Waals surface area contributed by atoms with E-state index in [0.29, 0.717) is 6.54 Å². The molecule has 0 radical (unpaired) electrons. The lowest BCUT2D eigenvalue weighted by molar-refractivity contribution is 0.398. The summed E-state index contributed by atoms with van der Waals surface area (Å²) in [7, 11) is -3.50. The van der Waals surface area contributed by atoms with Gasteiger partial charge in [0.2, 0.25) is 4.34 Å². The van der Waals surface area contributed by atoms with E-state index in [1.807, 2.05) is 24.3 Å². The molecule has 7 heteroatoms. The Morgan fingerprint density at radius 1 is 1.35 bits per heavy atom. The fraction of sp³-hybridized carbons (Fsp3) is 0.462. The van der Waals surface area contributed by atoms with Crippen LogP contribution in [-0.2, 0) is 10.0 Å². The number of nitrogens with one attached hydrogen (secondary N) is 2. The number of sulfonamides is 1. The zero-order chi connectivity index (χ0) is 14.0. The predicted molar refractivity (Wildman–Crippen MR) is 80.5 cm³/mol. The van der Waals surface area contributed by atoms with Crippen LogP contribution in [0.2, 0.25) is 0 Å². The number of rotatable bonds is 4. The molecule has 1 aliphatic heterocycles. The summed E-state index contributed by atoms with van der Waals surface area (Å²) >= 11 is 1.21. The number of para-hydroxylation sites is 1. The van der Waals surface area contributed by atoms with Crippen molar-refractivity contribution in [3.8, 4) is 0 Å². The van der Waals surface area contributed by atoms with Crippen LogP contribution in [0.1, 0.15) is 19.3 Å². The van der Waals surface area contributed by atoms with Crippen LogP contribution in [-0.4, -0.2) is 32.5 Å². The van der Waals surface area contributed by atoms with Gasteiger partial charge in [0.1, 0.15) is 0 Å². The van der Waals surface area contributed by atoms with Gasteiger partial charge in [-0.05, 0) is 31.5 Å². The second-order valence-electron chi connectivity index (χ2n) is 4.95. The Labute approximate surface area is 122 Å². The van der Waals surface area contributed by atoms with Crippen molar-refractivity contribution < 1.29 is 8.42 Å². The van der Waals surface area contributed by atoms with Crippen LogP contribution in [0.25, 0.3) is 10.2 Å². The van der Waals surface area contributed by atoms with Gasteiger partial charge in [0.25, 0.3) is 10.0 Å². The van der Waals surface area contributed by atoms with Crippen LogP contribution in [0.5, 0.6) is 0 Å². The van der Waals surface area contributed by atoms with Crippen molar-refractivity contribution in [2.24, 2.45) is 0 Å².